The van der Waals surface area contributed by atoms with Gasteiger partial charge in [0, 0.05) is 29.9 Å². The van der Waals surface area contributed by atoms with Gasteiger partial charge in [-0.2, -0.15) is 5.26 Å². The molecule has 5 heteroatoms. The molecular formula is C21H30N4O. The van der Waals surface area contributed by atoms with Crippen molar-refractivity contribution in [3.8, 4) is 6.07 Å². The molecule has 1 aromatic carbocycles. The fourth-order valence-electron chi connectivity index (χ4n) is 3.85. The molecule has 1 saturated heterocycles. The molecule has 1 aliphatic rings. The largest absolute Gasteiger partial charge is 0.387 e. The van der Waals surface area contributed by atoms with Crippen LogP contribution < -0.4 is 16.0 Å². The van der Waals surface area contributed by atoms with Crippen LogP contribution >= 0.6 is 0 Å². The molecule has 1 fully saturated rings. The molecule has 0 bridgehead atoms. The van der Waals surface area contributed by atoms with E-state index in [1.165, 1.54) is 0 Å². The highest BCUT2D eigenvalue weighted by Crippen LogP contribution is 2.28. The van der Waals surface area contributed by atoms with Crippen LogP contribution in [0.2, 0.25) is 0 Å². The molecule has 2 rings (SSSR count). The zero-order valence-corrected chi connectivity index (χ0v) is 16.2. The minimum absolute atomic E-state index is 0.0119. The molecule has 0 atom stereocenters. The first-order valence-corrected chi connectivity index (χ1v) is 9.19. The van der Waals surface area contributed by atoms with E-state index < -0.39 is 0 Å². The summed E-state index contributed by atoms with van der Waals surface area (Å²) in [5, 5.41) is 19.0. The molecule has 0 radical (unpaired) electrons. The van der Waals surface area contributed by atoms with Gasteiger partial charge in [0.05, 0.1) is 0 Å². The second-order valence-electron chi connectivity index (χ2n) is 8.33. The molecule has 1 aromatic rings. The molecule has 0 aromatic heterocycles. The minimum atomic E-state index is -0.330. The first-order valence-electron chi connectivity index (χ1n) is 9.19. The van der Waals surface area contributed by atoms with Crippen molar-refractivity contribution >= 4 is 5.91 Å². The summed E-state index contributed by atoms with van der Waals surface area (Å²) in [5.74, 6) is -0.330. The molecule has 0 aliphatic carbocycles. The number of nitrogens with one attached hydrogen (secondary N) is 3. The fourth-order valence-corrected chi connectivity index (χ4v) is 3.85. The molecule has 0 spiro atoms. The predicted octanol–water partition coefficient (Wildman–Crippen LogP) is 2.65. The Morgan fingerprint density at radius 2 is 1.85 bits per heavy atom. The minimum Gasteiger partial charge on any atom is -0.387 e. The Labute approximate surface area is 156 Å². The van der Waals surface area contributed by atoms with Crippen LogP contribution in [0.5, 0.6) is 0 Å². The first-order chi connectivity index (χ1) is 12.2. The lowest BCUT2D eigenvalue weighted by Gasteiger charge is -2.46. The lowest BCUT2D eigenvalue weighted by atomic mass is 9.80. The van der Waals surface area contributed by atoms with Gasteiger partial charge in [-0.15, -0.1) is 0 Å². The number of nitriles is 1. The summed E-state index contributed by atoms with van der Waals surface area (Å²) < 4.78 is 0. The van der Waals surface area contributed by atoms with E-state index in [9.17, 15) is 10.1 Å². The summed E-state index contributed by atoms with van der Waals surface area (Å²) in [7, 11) is 0. The Morgan fingerprint density at radius 1 is 1.23 bits per heavy atom. The number of hydrogen-bond donors (Lipinski definition) is 3. The van der Waals surface area contributed by atoms with Crippen molar-refractivity contribution in [3.05, 3.63) is 47.7 Å². The molecule has 3 N–H and O–H groups in total. The van der Waals surface area contributed by atoms with Crippen molar-refractivity contribution in [2.45, 2.75) is 64.1 Å². The van der Waals surface area contributed by atoms with Crippen LogP contribution in [0.25, 0.3) is 0 Å². The molecular weight excluding hydrogens is 324 g/mol. The maximum Gasteiger partial charge on any atom is 0.263 e. The van der Waals surface area contributed by atoms with E-state index in [1.54, 1.807) is 6.20 Å². The lowest BCUT2D eigenvalue weighted by Crippen LogP contribution is -2.61. The number of carbonyl (C=O) groups excluding carboxylic acids is 1. The van der Waals surface area contributed by atoms with E-state index in [2.05, 4.69) is 43.6 Å². The van der Waals surface area contributed by atoms with Crippen LogP contribution in [0.1, 0.15) is 46.1 Å². The van der Waals surface area contributed by atoms with Gasteiger partial charge in [-0.05, 0) is 52.5 Å². The highest BCUT2D eigenvalue weighted by molar-refractivity contribution is 5.97. The highest BCUT2D eigenvalue weighted by Gasteiger charge is 2.37. The Bertz CT molecular complexity index is 670. The van der Waals surface area contributed by atoms with Crippen LogP contribution in [-0.2, 0) is 11.2 Å². The molecule has 5 nitrogen and oxygen atoms in total. The summed E-state index contributed by atoms with van der Waals surface area (Å²) in [6.07, 6.45) is 4.18. The highest BCUT2D eigenvalue weighted by atomic mass is 16.1. The van der Waals surface area contributed by atoms with Crippen molar-refractivity contribution in [2.75, 3.05) is 6.54 Å². The van der Waals surface area contributed by atoms with Crippen LogP contribution in [0.3, 0.4) is 0 Å². The van der Waals surface area contributed by atoms with Crippen LogP contribution in [0.15, 0.2) is 42.1 Å². The zero-order chi connectivity index (χ0) is 19.2. The van der Waals surface area contributed by atoms with Crippen molar-refractivity contribution < 1.29 is 4.79 Å². The SMILES string of the molecule is CC1(C)CC(N/C=C(/C#N)C(=O)NCCc2ccccc2)CC(C)(C)N1. The third-order valence-electron chi connectivity index (χ3n) is 4.56. The molecule has 26 heavy (non-hydrogen) atoms. The Kier molecular flexibility index (Phi) is 6.44. The van der Waals surface area contributed by atoms with Gasteiger partial charge >= 0.3 is 0 Å². The van der Waals surface area contributed by atoms with E-state index >= 15 is 0 Å². The van der Waals surface area contributed by atoms with Crippen molar-refractivity contribution in [1.82, 2.24) is 16.0 Å². The molecule has 1 amide bonds. The number of benzene rings is 1. The Hall–Kier alpha value is -2.32. The van der Waals surface area contributed by atoms with Gasteiger partial charge in [-0.25, -0.2) is 0 Å². The van der Waals surface area contributed by atoms with Crippen LogP contribution in [-0.4, -0.2) is 29.6 Å². The van der Waals surface area contributed by atoms with E-state index in [-0.39, 0.29) is 28.6 Å². The number of carbonyl (C=O) groups is 1. The second kappa shape index (κ2) is 8.37. The monoisotopic (exact) mass is 354 g/mol. The third-order valence-corrected chi connectivity index (χ3v) is 4.56. The molecule has 140 valence electrons. The van der Waals surface area contributed by atoms with Crippen LogP contribution in [0, 0.1) is 11.3 Å². The summed E-state index contributed by atoms with van der Waals surface area (Å²) in [5.41, 5.74) is 1.30. The second-order valence-corrected chi connectivity index (χ2v) is 8.33. The van der Waals surface area contributed by atoms with Gasteiger partial charge in [-0.1, -0.05) is 30.3 Å². The smallest absolute Gasteiger partial charge is 0.263 e. The molecule has 0 saturated carbocycles. The van der Waals surface area contributed by atoms with E-state index in [4.69, 9.17) is 0 Å². The molecule has 1 aliphatic heterocycles. The van der Waals surface area contributed by atoms with Crippen LogP contribution in [0.4, 0.5) is 0 Å². The number of hydrogen-bond acceptors (Lipinski definition) is 4. The average molecular weight is 354 g/mol. The van der Waals surface area contributed by atoms with Crippen molar-refractivity contribution in [1.29, 1.82) is 5.26 Å². The lowest BCUT2D eigenvalue weighted by molar-refractivity contribution is -0.117. The number of piperidine rings is 1. The third kappa shape index (κ3) is 6.20. The summed E-state index contributed by atoms with van der Waals surface area (Å²) in [6, 6.07) is 12.2. The quantitative estimate of drug-likeness (QED) is 0.542. The molecule has 0 unspecified atom stereocenters. The van der Waals surface area contributed by atoms with Gasteiger partial charge in [-0.3, -0.25) is 4.79 Å². The van der Waals surface area contributed by atoms with Gasteiger partial charge in [0.2, 0.25) is 0 Å². The molecule has 1 heterocycles. The maximum atomic E-state index is 12.2. The van der Waals surface area contributed by atoms with E-state index in [0.29, 0.717) is 6.54 Å². The van der Waals surface area contributed by atoms with Crippen molar-refractivity contribution in [2.24, 2.45) is 0 Å². The van der Waals surface area contributed by atoms with Gasteiger partial charge in [0.25, 0.3) is 5.91 Å². The predicted molar refractivity (Wildman–Crippen MR) is 104 cm³/mol. The maximum absolute atomic E-state index is 12.2. The normalized spacial score (nSPS) is 19.4. The zero-order valence-electron chi connectivity index (χ0n) is 16.2. The summed E-state index contributed by atoms with van der Waals surface area (Å²) in [6.45, 7) is 9.21. The Morgan fingerprint density at radius 3 is 2.42 bits per heavy atom. The standard InChI is InChI=1S/C21H30N4O/c1-20(2)12-18(13-21(3,4)25-20)24-15-17(14-22)19(26)23-11-10-16-8-6-5-7-9-16/h5-9,15,18,24-25H,10-13H2,1-4H3,(H,23,26)/b17-15-. The van der Waals surface area contributed by atoms with E-state index in [0.717, 1.165) is 24.8 Å². The van der Waals surface area contributed by atoms with E-state index in [1.807, 2.05) is 36.4 Å². The summed E-state index contributed by atoms with van der Waals surface area (Å²) >= 11 is 0. The van der Waals surface area contributed by atoms with Crippen molar-refractivity contribution in [3.63, 3.8) is 0 Å². The Balaban J connectivity index is 1.88. The van der Waals surface area contributed by atoms with Gasteiger partial charge in [0.15, 0.2) is 0 Å². The van der Waals surface area contributed by atoms with Gasteiger partial charge in [0.1, 0.15) is 11.6 Å². The number of rotatable bonds is 6. The average Bonchev–Trinajstić information content (AvgIpc) is 2.53. The first kappa shape index (κ1) is 20.0. The summed E-state index contributed by atoms with van der Waals surface area (Å²) in [4.78, 5) is 12.2. The topological polar surface area (TPSA) is 77.0 Å². The number of amides is 1. The fraction of sp³-hybridized carbons (Fsp3) is 0.524. The number of nitrogens with zero attached hydrogens (tertiary/aromatic N) is 1. The van der Waals surface area contributed by atoms with Gasteiger partial charge < -0.3 is 16.0 Å².